The highest BCUT2D eigenvalue weighted by Gasteiger charge is 2.35. The van der Waals surface area contributed by atoms with E-state index >= 15 is 0 Å². The Morgan fingerprint density at radius 2 is 2.19 bits per heavy atom. The minimum absolute atomic E-state index is 0.247. The van der Waals surface area contributed by atoms with Gasteiger partial charge in [-0.1, -0.05) is 6.07 Å². The first-order chi connectivity index (χ1) is 10.3. The zero-order valence-electron chi connectivity index (χ0n) is 12.2. The van der Waals surface area contributed by atoms with Gasteiger partial charge < -0.3 is 9.52 Å². The summed E-state index contributed by atoms with van der Waals surface area (Å²) in [5, 5.41) is 10.9. The Balaban J connectivity index is 1.53. The van der Waals surface area contributed by atoms with Crippen molar-refractivity contribution in [3.05, 3.63) is 36.1 Å². The molecule has 2 fully saturated rings. The third-order valence-electron chi connectivity index (χ3n) is 5.02. The smallest absolute Gasteiger partial charge is 0.133 e. The maximum absolute atomic E-state index is 9.71. The Morgan fingerprint density at radius 1 is 1.24 bits per heavy atom. The maximum Gasteiger partial charge on any atom is 0.133 e. The molecule has 4 heteroatoms. The molecule has 2 atom stereocenters. The number of nitrogens with zero attached hydrogens (tertiary/aromatic N) is 2. The summed E-state index contributed by atoms with van der Waals surface area (Å²) in [6.45, 7) is 4.45. The van der Waals surface area contributed by atoms with Crippen molar-refractivity contribution < 1.29 is 9.52 Å². The third-order valence-corrected chi connectivity index (χ3v) is 5.02. The largest absolute Gasteiger partial charge is 0.464 e. The van der Waals surface area contributed by atoms with E-state index in [9.17, 15) is 5.11 Å². The highest BCUT2D eigenvalue weighted by atomic mass is 16.3. The standard InChI is InChI=1S/C17H22N2O2/c20-12-16-11-18-6-1-2-15(18)10-19(16)9-13-3-4-17-14(8-13)5-7-21-17/h3-5,7-8,15-16,20H,1-2,6,9-12H2/t15-,16+/m0/s1. The van der Waals surface area contributed by atoms with Gasteiger partial charge in [-0.2, -0.15) is 0 Å². The summed E-state index contributed by atoms with van der Waals surface area (Å²) in [6.07, 6.45) is 4.34. The number of aliphatic hydroxyl groups excluding tert-OH is 1. The predicted molar refractivity (Wildman–Crippen MR) is 82.1 cm³/mol. The first kappa shape index (κ1) is 13.3. The molecule has 2 aliphatic rings. The molecule has 0 bridgehead atoms. The third kappa shape index (κ3) is 2.48. The van der Waals surface area contributed by atoms with Crippen molar-refractivity contribution in [2.24, 2.45) is 0 Å². The Bertz CT molecular complexity index is 624. The Morgan fingerprint density at radius 3 is 3.10 bits per heavy atom. The molecule has 0 saturated carbocycles. The van der Waals surface area contributed by atoms with E-state index < -0.39 is 0 Å². The summed E-state index contributed by atoms with van der Waals surface area (Å²) in [5.74, 6) is 0. The average Bonchev–Trinajstić information content (AvgIpc) is 3.13. The fourth-order valence-electron chi connectivity index (χ4n) is 3.86. The van der Waals surface area contributed by atoms with Crippen LogP contribution in [0.25, 0.3) is 11.0 Å². The Kier molecular flexibility index (Phi) is 3.45. The van der Waals surface area contributed by atoms with Crippen molar-refractivity contribution in [2.75, 3.05) is 26.2 Å². The molecule has 0 radical (unpaired) electrons. The highest BCUT2D eigenvalue weighted by molar-refractivity contribution is 5.77. The summed E-state index contributed by atoms with van der Waals surface area (Å²) in [5.41, 5.74) is 2.24. The average molecular weight is 286 g/mol. The molecule has 0 spiro atoms. The zero-order valence-corrected chi connectivity index (χ0v) is 12.2. The van der Waals surface area contributed by atoms with Gasteiger partial charge in [-0.3, -0.25) is 9.80 Å². The van der Waals surface area contributed by atoms with Crippen LogP contribution in [-0.4, -0.2) is 53.2 Å². The molecule has 4 rings (SSSR count). The molecule has 3 heterocycles. The van der Waals surface area contributed by atoms with Crippen molar-refractivity contribution >= 4 is 11.0 Å². The first-order valence-electron chi connectivity index (χ1n) is 7.88. The van der Waals surface area contributed by atoms with Gasteiger partial charge in [0.05, 0.1) is 12.9 Å². The molecular formula is C17H22N2O2. The van der Waals surface area contributed by atoms with Gasteiger partial charge in [0.25, 0.3) is 0 Å². The Hall–Kier alpha value is -1.36. The SMILES string of the molecule is OC[C@H]1CN2CCC[C@H]2CN1Cc1ccc2occc2c1. The van der Waals surface area contributed by atoms with E-state index in [4.69, 9.17) is 4.42 Å². The van der Waals surface area contributed by atoms with E-state index in [1.54, 1.807) is 6.26 Å². The molecule has 2 saturated heterocycles. The van der Waals surface area contributed by atoms with Gasteiger partial charge >= 0.3 is 0 Å². The summed E-state index contributed by atoms with van der Waals surface area (Å²) >= 11 is 0. The van der Waals surface area contributed by atoms with E-state index in [-0.39, 0.29) is 12.6 Å². The van der Waals surface area contributed by atoms with Crippen molar-refractivity contribution in [1.29, 1.82) is 0 Å². The molecule has 2 aliphatic heterocycles. The lowest BCUT2D eigenvalue weighted by atomic mass is 10.1. The van der Waals surface area contributed by atoms with Gasteiger partial charge in [-0.05, 0) is 43.1 Å². The molecule has 0 aliphatic carbocycles. The number of hydrogen-bond acceptors (Lipinski definition) is 4. The van der Waals surface area contributed by atoms with Gasteiger partial charge in [0, 0.05) is 37.1 Å². The van der Waals surface area contributed by atoms with Gasteiger partial charge in [0.1, 0.15) is 5.58 Å². The molecule has 2 aromatic rings. The fraction of sp³-hybridized carbons (Fsp3) is 0.529. The van der Waals surface area contributed by atoms with Crippen molar-refractivity contribution in [3.8, 4) is 0 Å². The van der Waals surface area contributed by atoms with E-state index in [0.29, 0.717) is 6.04 Å². The predicted octanol–water partition coefficient (Wildman–Crippen LogP) is 2.07. The van der Waals surface area contributed by atoms with Crippen LogP contribution in [0.4, 0.5) is 0 Å². The highest BCUT2D eigenvalue weighted by Crippen LogP contribution is 2.26. The number of aliphatic hydroxyl groups is 1. The van der Waals surface area contributed by atoms with Crippen LogP contribution in [-0.2, 0) is 6.54 Å². The van der Waals surface area contributed by atoms with Gasteiger partial charge in [0.15, 0.2) is 0 Å². The van der Waals surface area contributed by atoms with E-state index in [1.165, 1.54) is 24.9 Å². The summed E-state index contributed by atoms with van der Waals surface area (Å²) in [6, 6.07) is 9.35. The zero-order chi connectivity index (χ0) is 14.2. The second-order valence-electron chi connectivity index (χ2n) is 6.35. The lowest BCUT2D eigenvalue weighted by molar-refractivity contribution is 0.0170. The van der Waals surface area contributed by atoms with Crippen LogP contribution in [0.5, 0.6) is 0 Å². The first-order valence-corrected chi connectivity index (χ1v) is 7.88. The van der Waals surface area contributed by atoms with E-state index in [2.05, 4.69) is 21.9 Å². The summed E-state index contributed by atoms with van der Waals surface area (Å²) in [7, 11) is 0. The van der Waals surface area contributed by atoms with E-state index in [1.807, 2.05) is 12.1 Å². The molecule has 1 aromatic carbocycles. The van der Waals surface area contributed by atoms with Crippen LogP contribution in [0.1, 0.15) is 18.4 Å². The molecule has 4 nitrogen and oxygen atoms in total. The van der Waals surface area contributed by atoms with Crippen LogP contribution in [0.15, 0.2) is 34.9 Å². The van der Waals surface area contributed by atoms with Crippen LogP contribution in [0.2, 0.25) is 0 Å². The minimum atomic E-state index is 0.247. The molecular weight excluding hydrogens is 264 g/mol. The maximum atomic E-state index is 9.71. The number of rotatable bonds is 3. The second kappa shape index (κ2) is 5.44. The number of fused-ring (bicyclic) bond motifs is 2. The van der Waals surface area contributed by atoms with Gasteiger partial charge in [-0.15, -0.1) is 0 Å². The molecule has 0 amide bonds. The van der Waals surface area contributed by atoms with Crippen molar-refractivity contribution in [2.45, 2.75) is 31.5 Å². The molecule has 1 N–H and O–H groups in total. The van der Waals surface area contributed by atoms with Crippen LogP contribution in [0.3, 0.4) is 0 Å². The van der Waals surface area contributed by atoms with E-state index in [0.717, 1.165) is 30.6 Å². The Labute approximate surface area is 124 Å². The molecule has 1 aromatic heterocycles. The van der Waals surface area contributed by atoms with Crippen LogP contribution < -0.4 is 0 Å². The minimum Gasteiger partial charge on any atom is -0.464 e. The number of hydrogen-bond donors (Lipinski definition) is 1. The monoisotopic (exact) mass is 286 g/mol. The quantitative estimate of drug-likeness (QED) is 0.938. The van der Waals surface area contributed by atoms with Crippen molar-refractivity contribution in [1.82, 2.24) is 9.80 Å². The molecule has 21 heavy (non-hydrogen) atoms. The fourth-order valence-corrected chi connectivity index (χ4v) is 3.86. The second-order valence-corrected chi connectivity index (χ2v) is 6.35. The summed E-state index contributed by atoms with van der Waals surface area (Å²) in [4.78, 5) is 5.00. The number of benzene rings is 1. The van der Waals surface area contributed by atoms with Crippen LogP contribution in [0, 0.1) is 0 Å². The van der Waals surface area contributed by atoms with Crippen molar-refractivity contribution in [3.63, 3.8) is 0 Å². The molecule has 112 valence electrons. The topological polar surface area (TPSA) is 39.9 Å². The normalized spacial score (nSPS) is 27.3. The lowest BCUT2D eigenvalue weighted by Crippen LogP contribution is -2.56. The lowest BCUT2D eigenvalue weighted by Gasteiger charge is -2.43. The number of piperazine rings is 1. The molecule has 0 unspecified atom stereocenters. The van der Waals surface area contributed by atoms with Gasteiger partial charge in [0.2, 0.25) is 0 Å². The summed E-state index contributed by atoms with van der Waals surface area (Å²) < 4.78 is 5.40. The van der Waals surface area contributed by atoms with Crippen LogP contribution >= 0.6 is 0 Å². The van der Waals surface area contributed by atoms with Gasteiger partial charge in [-0.25, -0.2) is 0 Å². The number of furan rings is 1.